The highest BCUT2D eigenvalue weighted by Gasteiger charge is 2.31. The van der Waals surface area contributed by atoms with Gasteiger partial charge in [0.2, 0.25) is 0 Å². The van der Waals surface area contributed by atoms with Crippen molar-refractivity contribution in [3.05, 3.63) is 24.5 Å². The van der Waals surface area contributed by atoms with Gasteiger partial charge in [-0.05, 0) is 24.0 Å². The molecule has 0 saturated carbocycles. The highest BCUT2D eigenvalue weighted by molar-refractivity contribution is 5.46. The molecule has 1 fully saturated rings. The van der Waals surface area contributed by atoms with Gasteiger partial charge in [-0.1, -0.05) is 34.1 Å². The van der Waals surface area contributed by atoms with Crippen LogP contribution in [-0.2, 0) is 0 Å². The Morgan fingerprint density at radius 1 is 1.42 bits per heavy atom. The lowest BCUT2D eigenvalue weighted by Crippen LogP contribution is -2.60. The second-order valence-electron chi connectivity index (χ2n) is 6.08. The van der Waals surface area contributed by atoms with Gasteiger partial charge in [0.15, 0.2) is 0 Å². The summed E-state index contributed by atoms with van der Waals surface area (Å²) in [6, 6.07) is 5.36. The third-order valence-electron chi connectivity index (χ3n) is 4.46. The monoisotopic (exact) mass is 261 g/mol. The van der Waals surface area contributed by atoms with E-state index >= 15 is 0 Å². The molecule has 3 unspecified atom stereocenters. The van der Waals surface area contributed by atoms with Gasteiger partial charge in [-0.2, -0.15) is 0 Å². The highest BCUT2D eigenvalue weighted by atomic mass is 15.2. The second-order valence-corrected chi connectivity index (χ2v) is 6.08. The maximum atomic E-state index is 4.28. The predicted octanol–water partition coefficient (Wildman–Crippen LogP) is 2.93. The van der Waals surface area contributed by atoms with E-state index < -0.39 is 0 Å². The number of rotatable bonds is 4. The number of nitrogens with one attached hydrogen (secondary N) is 1. The fraction of sp³-hybridized carbons (Fsp3) is 0.688. The van der Waals surface area contributed by atoms with E-state index in [1.165, 1.54) is 12.1 Å². The molecule has 1 saturated heterocycles. The molecule has 1 N–H and O–H groups in total. The molecule has 3 atom stereocenters. The zero-order valence-corrected chi connectivity index (χ0v) is 12.6. The molecule has 19 heavy (non-hydrogen) atoms. The van der Waals surface area contributed by atoms with Crippen molar-refractivity contribution in [2.45, 2.75) is 46.2 Å². The Labute approximate surface area is 117 Å². The number of hydrogen-bond acceptors (Lipinski definition) is 3. The summed E-state index contributed by atoms with van der Waals surface area (Å²) in [5.41, 5.74) is 1.26. The normalized spacial score (nSPS) is 25.6. The van der Waals surface area contributed by atoms with Crippen LogP contribution in [0, 0.1) is 11.8 Å². The first-order valence-electron chi connectivity index (χ1n) is 7.53. The summed E-state index contributed by atoms with van der Waals surface area (Å²) in [6.45, 7) is 11.4. The van der Waals surface area contributed by atoms with Gasteiger partial charge in [0, 0.05) is 31.4 Å². The van der Waals surface area contributed by atoms with Crippen LogP contribution in [0.5, 0.6) is 0 Å². The maximum Gasteiger partial charge on any atom is 0.0556 e. The van der Waals surface area contributed by atoms with Crippen LogP contribution < -0.4 is 10.2 Å². The topological polar surface area (TPSA) is 28.2 Å². The molecule has 1 aliphatic rings. The van der Waals surface area contributed by atoms with E-state index in [0.29, 0.717) is 23.9 Å². The summed E-state index contributed by atoms with van der Waals surface area (Å²) in [6.07, 6.45) is 5.07. The standard InChI is InChI=1S/C16H27N3/c1-5-13(4)15-11-19(14-7-6-8-17-9-14)16(10-18-15)12(2)3/h6-9,12-13,15-16,18H,5,10-11H2,1-4H3. The van der Waals surface area contributed by atoms with Gasteiger partial charge < -0.3 is 10.2 Å². The van der Waals surface area contributed by atoms with Gasteiger partial charge in [0.05, 0.1) is 11.9 Å². The molecule has 0 aromatic carbocycles. The van der Waals surface area contributed by atoms with E-state index in [0.717, 1.165) is 13.1 Å². The van der Waals surface area contributed by atoms with Crippen LogP contribution >= 0.6 is 0 Å². The molecular formula is C16H27N3. The molecule has 1 aromatic rings. The van der Waals surface area contributed by atoms with Crippen molar-refractivity contribution in [3.63, 3.8) is 0 Å². The fourth-order valence-corrected chi connectivity index (χ4v) is 2.88. The molecule has 2 heterocycles. The van der Waals surface area contributed by atoms with E-state index in [-0.39, 0.29) is 0 Å². The summed E-state index contributed by atoms with van der Waals surface area (Å²) >= 11 is 0. The minimum atomic E-state index is 0.560. The van der Waals surface area contributed by atoms with Gasteiger partial charge in [-0.3, -0.25) is 4.98 Å². The largest absolute Gasteiger partial charge is 0.364 e. The van der Waals surface area contributed by atoms with Crippen molar-refractivity contribution in [2.75, 3.05) is 18.0 Å². The van der Waals surface area contributed by atoms with E-state index in [1.807, 2.05) is 18.5 Å². The Balaban J connectivity index is 2.18. The summed E-state index contributed by atoms with van der Waals surface area (Å²) in [5.74, 6) is 1.36. The number of hydrogen-bond donors (Lipinski definition) is 1. The smallest absolute Gasteiger partial charge is 0.0556 e. The van der Waals surface area contributed by atoms with Crippen molar-refractivity contribution in [3.8, 4) is 0 Å². The number of aromatic nitrogens is 1. The number of piperazine rings is 1. The number of pyridine rings is 1. The molecule has 0 spiro atoms. The lowest BCUT2D eigenvalue weighted by molar-refractivity contribution is 0.281. The molecular weight excluding hydrogens is 234 g/mol. The van der Waals surface area contributed by atoms with Crippen LogP contribution in [0.25, 0.3) is 0 Å². The van der Waals surface area contributed by atoms with E-state index in [1.54, 1.807) is 0 Å². The number of anilines is 1. The zero-order valence-electron chi connectivity index (χ0n) is 12.6. The Hall–Kier alpha value is -1.09. The lowest BCUT2D eigenvalue weighted by atomic mass is 9.92. The van der Waals surface area contributed by atoms with Gasteiger partial charge in [0.25, 0.3) is 0 Å². The minimum absolute atomic E-state index is 0.560. The molecule has 3 nitrogen and oxygen atoms in total. The third-order valence-corrected chi connectivity index (χ3v) is 4.46. The van der Waals surface area contributed by atoms with Crippen molar-refractivity contribution in [1.82, 2.24) is 10.3 Å². The van der Waals surface area contributed by atoms with Crippen molar-refractivity contribution in [1.29, 1.82) is 0 Å². The van der Waals surface area contributed by atoms with Gasteiger partial charge >= 0.3 is 0 Å². The molecule has 2 rings (SSSR count). The van der Waals surface area contributed by atoms with Gasteiger partial charge in [0.1, 0.15) is 0 Å². The average molecular weight is 261 g/mol. The first-order valence-corrected chi connectivity index (χ1v) is 7.53. The van der Waals surface area contributed by atoms with Crippen molar-refractivity contribution < 1.29 is 0 Å². The van der Waals surface area contributed by atoms with Gasteiger partial charge in [-0.25, -0.2) is 0 Å². The Morgan fingerprint density at radius 2 is 2.21 bits per heavy atom. The summed E-state index contributed by atoms with van der Waals surface area (Å²) in [4.78, 5) is 6.83. The molecule has 0 amide bonds. The molecule has 0 aliphatic carbocycles. The molecule has 106 valence electrons. The predicted molar refractivity (Wildman–Crippen MR) is 81.5 cm³/mol. The van der Waals surface area contributed by atoms with E-state index in [2.05, 4.69) is 49.0 Å². The molecule has 1 aliphatic heterocycles. The van der Waals surface area contributed by atoms with Crippen LogP contribution in [0.3, 0.4) is 0 Å². The van der Waals surface area contributed by atoms with Crippen LogP contribution in [-0.4, -0.2) is 30.2 Å². The Kier molecular flexibility index (Phi) is 4.81. The first-order chi connectivity index (χ1) is 9.13. The summed E-state index contributed by atoms with van der Waals surface area (Å²) < 4.78 is 0. The Bertz CT molecular complexity index is 377. The van der Waals surface area contributed by atoms with Crippen molar-refractivity contribution >= 4 is 5.69 Å². The van der Waals surface area contributed by atoms with Crippen LogP contribution in [0.15, 0.2) is 24.5 Å². The molecule has 0 radical (unpaired) electrons. The Morgan fingerprint density at radius 3 is 2.79 bits per heavy atom. The second kappa shape index (κ2) is 6.38. The zero-order chi connectivity index (χ0) is 13.8. The highest BCUT2D eigenvalue weighted by Crippen LogP contribution is 2.25. The number of nitrogens with zero attached hydrogens (tertiary/aromatic N) is 2. The molecule has 1 aromatic heterocycles. The third kappa shape index (κ3) is 3.27. The van der Waals surface area contributed by atoms with Gasteiger partial charge in [-0.15, -0.1) is 0 Å². The minimum Gasteiger partial charge on any atom is -0.364 e. The summed E-state index contributed by atoms with van der Waals surface area (Å²) in [7, 11) is 0. The van der Waals surface area contributed by atoms with Crippen LogP contribution in [0.4, 0.5) is 5.69 Å². The van der Waals surface area contributed by atoms with E-state index in [4.69, 9.17) is 0 Å². The molecule has 0 bridgehead atoms. The lowest BCUT2D eigenvalue weighted by Gasteiger charge is -2.45. The van der Waals surface area contributed by atoms with Crippen LogP contribution in [0.1, 0.15) is 34.1 Å². The maximum absolute atomic E-state index is 4.28. The molecule has 3 heteroatoms. The quantitative estimate of drug-likeness (QED) is 0.903. The van der Waals surface area contributed by atoms with E-state index in [9.17, 15) is 0 Å². The fourth-order valence-electron chi connectivity index (χ4n) is 2.88. The van der Waals surface area contributed by atoms with Crippen LogP contribution in [0.2, 0.25) is 0 Å². The first kappa shape index (κ1) is 14.3. The average Bonchev–Trinajstić information content (AvgIpc) is 2.46. The SMILES string of the molecule is CCC(C)C1CN(c2cccnc2)C(C(C)C)CN1. The van der Waals surface area contributed by atoms with Crippen molar-refractivity contribution in [2.24, 2.45) is 11.8 Å². The summed E-state index contributed by atoms with van der Waals surface area (Å²) in [5, 5.41) is 3.74.